The van der Waals surface area contributed by atoms with E-state index in [0.29, 0.717) is 23.7 Å². The number of ketones is 2. The van der Waals surface area contributed by atoms with Crippen molar-refractivity contribution in [2.24, 2.45) is 71.0 Å². The standard InChI is InChI=1S/C65H78F2O6/c1-34(2)52(32-56(68)72-5)64(70)62-43-18-16-41(26-43)58(62)47-22-37-12-14-39(24-45(37)28-47)50-20-21-51(60(50)49-30-54(66)61(55(67)31-49)36-10-8-7-9-11-36)40-15-13-38-23-48(29-46(38)25-40)59-42-17-19-44(27-42)63(59)65(71)53(35(3)4)33-57(69)73-6/h12-15,24-25,28-31,34-36,41-44,50-53,58-60,62-63H,7-11,16-23,26-27,32-33H2,1-6H3/t41?,42?,43?,44?,50-,51-,52+,53+,58+,59+,60?,62?,63?/m1/s1. The van der Waals surface area contributed by atoms with Crippen molar-refractivity contribution in [1.82, 2.24) is 0 Å². The van der Waals surface area contributed by atoms with Crippen LogP contribution in [0.5, 0.6) is 0 Å². The number of carbonyl (C=O) groups excluding carboxylic acids is 4. The summed E-state index contributed by atoms with van der Waals surface area (Å²) in [7, 11) is 2.80. The molecule has 388 valence electrons. The van der Waals surface area contributed by atoms with Gasteiger partial charge in [-0.3, -0.25) is 19.2 Å². The number of benzene rings is 3. The van der Waals surface area contributed by atoms with Crippen LogP contribution in [0.25, 0.3) is 12.2 Å². The summed E-state index contributed by atoms with van der Waals surface area (Å²) in [4.78, 5) is 54.1. The molecule has 8 aliphatic carbocycles. The smallest absolute Gasteiger partial charge is 0.306 e. The molecule has 11 rings (SSSR count). The van der Waals surface area contributed by atoms with E-state index in [1.165, 1.54) is 58.7 Å². The van der Waals surface area contributed by atoms with Crippen LogP contribution in [-0.2, 0) is 41.5 Å². The molecule has 8 heteroatoms. The topological polar surface area (TPSA) is 86.7 Å². The molecule has 0 saturated heterocycles. The van der Waals surface area contributed by atoms with Crippen LogP contribution >= 0.6 is 0 Å². The second-order valence-corrected chi connectivity index (χ2v) is 25.1. The number of esters is 2. The van der Waals surface area contributed by atoms with Crippen LogP contribution in [-0.4, -0.2) is 37.7 Å². The number of methoxy groups -OCH3 is 2. The molecule has 0 radical (unpaired) electrons. The van der Waals surface area contributed by atoms with Gasteiger partial charge in [0.15, 0.2) is 0 Å². The van der Waals surface area contributed by atoms with Crippen LogP contribution in [0, 0.1) is 82.6 Å². The van der Waals surface area contributed by atoms with Gasteiger partial charge >= 0.3 is 11.9 Å². The first-order valence-electron chi connectivity index (χ1n) is 28.6. The lowest BCUT2D eigenvalue weighted by atomic mass is 9.68. The fourth-order valence-corrected chi connectivity index (χ4v) is 17.3. The predicted molar refractivity (Wildman–Crippen MR) is 281 cm³/mol. The van der Waals surface area contributed by atoms with Crippen LogP contribution in [0.2, 0.25) is 0 Å². The Balaban J connectivity index is 0.910. The number of Topliss-reactive ketones (excluding diaryl/α,β-unsaturated/α-hetero) is 2. The number of fused-ring (bicyclic) bond motifs is 6. The fourth-order valence-electron chi connectivity index (χ4n) is 17.3. The molecule has 0 spiro atoms. The van der Waals surface area contributed by atoms with Gasteiger partial charge in [-0.1, -0.05) is 107 Å². The lowest BCUT2D eigenvalue weighted by Crippen LogP contribution is -2.37. The Hall–Kier alpha value is -4.72. The van der Waals surface area contributed by atoms with E-state index in [-0.39, 0.29) is 113 Å². The zero-order valence-electron chi connectivity index (χ0n) is 44.2. The molecule has 12 atom stereocenters. The number of allylic oxidation sites excluding steroid dienone is 2. The molecule has 8 aliphatic rings. The van der Waals surface area contributed by atoms with Gasteiger partial charge < -0.3 is 9.47 Å². The quantitative estimate of drug-likeness (QED) is 0.133. The minimum absolute atomic E-state index is 0.0353. The van der Waals surface area contributed by atoms with E-state index in [1.54, 1.807) is 12.1 Å². The van der Waals surface area contributed by atoms with Crippen molar-refractivity contribution in [3.8, 4) is 0 Å². The summed E-state index contributed by atoms with van der Waals surface area (Å²) in [6, 6.07) is 17.2. The van der Waals surface area contributed by atoms with Gasteiger partial charge in [0.05, 0.1) is 27.1 Å². The van der Waals surface area contributed by atoms with Crippen molar-refractivity contribution in [1.29, 1.82) is 0 Å². The molecular formula is C65H78F2O6. The highest BCUT2D eigenvalue weighted by molar-refractivity contribution is 5.90. The number of hydrogen-bond acceptors (Lipinski definition) is 6. The van der Waals surface area contributed by atoms with Gasteiger partial charge in [-0.15, -0.1) is 0 Å². The Labute approximate surface area is 432 Å². The van der Waals surface area contributed by atoms with E-state index in [4.69, 9.17) is 9.47 Å². The number of halogens is 2. The molecule has 6 saturated carbocycles. The van der Waals surface area contributed by atoms with Crippen molar-refractivity contribution >= 4 is 35.7 Å². The third-order valence-corrected chi connectivity index (χ3v) is 20.7. The summed E-state index contributed by atoms with van der Waals surface area (Å²) >= 11 is 0. The Kier molecular flexibility index (Phi) is 14.1. The molecule has 6 nitrogen and oxygen atoms in total. The number of carbonyl (C=O) groups is 4. The second kappa shape index (κ2) is 20.4. The summed E-state index contributed by atoms with van der Waals surface area (Å²) in [6.45, 7) is 8.19. The van der Waals surface area contributed by atoms with Crippen LogP contribution in [0.3, 0.4) is 0 Å². The highest BCUT2D eigenvalue weighted by atomic mass is 19.1. The fraction of sp³-hybridized carbons (Fsp3) is 0.600. The molecule has 6 unspecified atom stereocenters. The van der Waals surface area contributed by atoms with Gasteiger partial charge in [-0.05, 0) is 199 Å². The average Bonchev–Trinajstić information content (AvgIpc) is 4.26. The third-order valence-electron chi connectivity index (χ3n) is 20.7. The van der Waals surface area contributed by atoms with Gasteiger partial charge in [0.25, 0.3) is 0 Å². The largest absolute Gasteiger partial charge is 0.469 e. The Bertz CT molecular complexity index is 2550. The van der Waals surface area contributed by atoms with E-state index in [1.807, 2.05) is 27.7 Å². The van der Waals surface area contributed by atoms with E-state index >= 15 is 8.78 Å². The summed E-state index contributed by atoms with van der Waals surface area (Å²) in [5, 5.41) is 0. The molecule has 73 heavy (non-hydrogen) atoms. The molecule has 3 aromatic carbocycles. The van der Waals surface area contributed by atoms with Gasteiger partial charge in [0.2, 0.25) is 0 Å². The van der Waals surface area contributed by atoms with Gasteiger partial charge in [0.1, 0.15) is 23.2 Å². The SMILES string of the molecule is COC(=O)C[C@H](C(=O)C1C2CCC(C2)[C@H]1C1=Cc2cc([C@H]3CC[C@H](c4ccc5c(c4)C=C([C@@H]4C6CCC(C6)C4C(=O)[C@@H](CC(=O)OC)C(C)C)C5)C3c3cc(F)c(C4CCCCC4)c(F)c3)ccc2C1)C(C)C. The number of hydrogen-bond donors (Lipinski definition) is 0. The highest BCUT2D eigenvalue weighted by Gasteiger charge is 2.55. The van der Waals surface area contributed by atoms with Crippen LogP contribution in [0.15, 0.2) is 59.7 Å². The molecule has 0 aliphatic heterocycles. The molecule has 4 bridgehead atoms. The van der Waals surface area contributed by atoms with E-state index < -0.39 is 11.6 Å². The summed E-state index contributed by atoms with van der Waals surface area (Å²) < 4.78 is 43.4. The maximum atomic E-state index is 16.7. The summed E-state index contributed by atoms with van der Waals surface area (Å²) in [6.07, 6.45) is 19.7. The Morgan fingerprint density at radius 1 is 0.534 bits per heavy atom. The van der Waals surface area contributed by atoms with Gasteiger partial charge in [0, 0.05) is 29.2 Å². The van der Waals surface area contributed by atoms with Crippen molar-refractivity contribution in [2.75, 3.05) is 14.2 Å². The van der Waals surface area contributed by atoms with E-state index in [0.717, 1.165) is 102 Å². The lowest BCUT2D eigenvalue weighted by molar-refractivity contribution is -0.146. The van der Waals surface area contributed by atoms with Gasteiger partial charge in [-0.2, -0.15) is 0 Å². The molecular weight excluding hydrogens is 915 g/mol. The average molecular weight is 993 g/mol. The zero-order valence-corrected chi connectivity index (χ0v) is 44.2. The number of rotatable bonds is 16. The first-order chi connectivity index (χ1) is 35.2. The van der Waals surface area contributed by atoms with Crippen molar-refractivity contribution in [2.45, 2.75) is 161 Å². The lowest BCUT2D eigenvalue weighted by Gasteiger charge is -2.34. The van der Waals surface area contributed by atoms with Crippen LogP contribution in [0.1, 0.15) is 192 Å². The highest BCUT2D eigenvalue weighted by Crippen LogP contribution is 2.61. The second-order valence-electron chi connectivity index (χ2n) is 25.1. The molecule has 0 N–H and O–H groups in total. The zero-order chi connectivity index (χ0) is 51.0. The maximum absolute atomic E-state index is 16.7. The minimum atomic E-state index is -0.406. The molecule has 0 amide bonds. The van der Waals surface area contributed by atoms with Crippen molar-refractivity contribution in [3.63, 3.8) is 0 Å². The maximum Gasteiger partial charge on any atom is 0.306 e. The summed E-state index contributed by atoms with van der Waals surface area (Å²) in [5.41, 5.74) is 11.0. The molecule has 0 aromatic heterocycles. The monoisotopic (exact) mass is 993 g/mol. The summed E-state index contributed by atoms with van der Waals surface area (Å²) in [5.74, 6) is 0.0513. The Morgan fingerprint density at radius 3 is 1.40 bits per heavy atom. The molecule has 0 heterocycles. The van der Waals surface area contributed by atoms with Gasteiger partial charge in [-0.25, -0.2) is 8.78 Å². The predicted octanol–water partition coefficient (Wildman–Crippen LogP) is 14.5. The van der Waals surface area contributed by atoms with E-state index in [9.17, 15) is 19.2 Å². The minimum Gasteiger partial charge on any atom is -0.469 e. The Morgan fingerprint density at radius 2 is 0.973 bits per heavy atom. The number of ether oxygens (including phenoxy) is 2. The van der Waals surface area contributed by atoms with Crippen LogP contribution in [0.4, 0.5) is 8.78 Å². The van der Waals surface area contributed by atoms with Crippen LogP contribution < -0.4 is 0 Å². The normalized spacial score (nSPS) is 30.9. The third kappa shape index (κ3) is 9.23. The van der Waals surface area contributed by atoms with E-state index in [2.05, 4.69) is 48.6 Å². The molecule has 3 aromatic rings. The first kappa shape index (κ1) is 50.4. The molecule has 6 fully saturated rings. The van der Waals surface area contributed by atoms with Crippen molar-refractivity contribution < 1.29 is 37.4 Å². The first-order valence-corrected chi connectivity index (χ1v) is 28.6. The van der Waals surface area contributed by atoms with Crippen molar-refractivity contribution in [3.05, 3.63) is 116 Å².